The highest BCUT2D eigenvalue weighted by molar-refractivity contribution is 5.73. The Bertz CT molecular complexity index is 387. The number of rotatable bonds is 3. The molecule has 0 unspecified atom stereocenters. The van der Waals surface area contributed by atoms with Gasteiger partial charge in [0.25, 0.3) is 0 Å². The third-order valence-electron chi connectivity index (χ3n) is 1.75. The zero-order valence-corrected chi connectivity index (χ0v) is 7.47. The number of aliphatic hydroxyl groups is 1. The highest BCUT2D eigenvalue weighted by Gasteiger charge is 2.08. The van der Waals surface area contributed by atoms with Crippen molar-refractivity contribution >= 4 is 11.4 Å². The summed E-state index contributed by atoms with van der Waals surface area (Å²) in [5.41, 5.74) is 6.23. The fourth-order valence-electron chi connectivity index (χ4n) is 1.03. The standard InChI is InChI=1S/C10H10N2O2/c1-2-9(12-14)10(13)7-5-3-4-6-8(7)11/h2-6,13H,1,11H2/b10-9-. The van der Waals surface area contributed by atoms with Crippen molar-refractivity contribution in [3.05, 3.63) is 53.1 Å². The van der Waals surface area contributed by atoms with Crippen molar-refractivity contribution in [2.75, 3.05) is 5.73 Å². The summed E-state index contributed by atoms with van der Waals surface area (Å²) in [5.74, 6) is -0.256. The van der Waals surface area contributed by atoms with Crippen LogP contribution in [0.2, 0.25) is 0 Å². The van der Waals surface area contributed by atoms with Crippen LogP contribution in [-0.2, 0) is 0 Å². The second kappa shape index (κ2) is 4.23. The first-order valence-corrected chi connectivity index (χ1v) is 3.94. The fourth-order valence-corrected chi connectivity index (χ4v) is 1.03. The van der Waals surface area contributed by atoms with E-state index in [1.165, 1.54) is 6.08 Å². The smallest absolute Gasteiger partial charge is 0.154 e. The normalized spacial score (nSPS) is 11.7. The molecule has 0 aliphatic heterocycles. The Balaban J connectivity index is 3.30. The first-order valence-electron chi connectivity index (χ1n) is 3.94. The van der Waals surface area contributed by atoms with Crippen LogP contribution in [0, 0.1) is 4.91 Å². The molecule has 0 amide bonds. The summed E-state index contributed by atoms with van der Waals surface area (Å²) in [6.45, 7) is 3.36. The van der Waals surface area contributed by atoms with E-state index in [1.54, 1.807) is 24.3 Å². The largest absolute Gasteiger partial charge is 0.505 e. The molecule has 4 nitrogen and oxygen atoms in total. The van der Waals surface area contributed by atoms with Gasteiger partial charge in [-0.25, -0.2) is 0 Å². The Kier molecular flexibility index (Phi) is 3.01. The number of benzene rings is 1. The van der Waals surface area contributed by atoms with Crippen molar-refractivity contribution in [2.24, 2.45) is 5.18 Å². The predicted molar refractivity (Wildman–Crippen MR) is 56.4 cm³/mol. The maximum atomic E-state index is 10.3. The lowest BCUT2D eigenvalue weighted by atomic mass is 10.1. The van der Waals surface area contributed by atoms with Crippen LogP contribution in [-0.4, -0.2) is 5.11 Å². The van der Waals surface area contributed by atoms with Gasteiger partial charge in [0.1, 0.15) is 5.70 Å². The molecule has 0 fully saturated rings. The van der Waals surface area contributed by atoms with Crippen LogP contribution in [0.15, 0.2) is 47.8 Å². The van der Waals surface area contributed by atoms with Gasteiger partial charge in [0, 0.05) is 11.3 Å². The first-order chi connectivity index (χ1) is 6.70. The Morgan fingerprint density at radius 3 is 2.64 bits per heavy atom. The fraction of sp³-hybridized carbons (Fsp3) is 0. The zero-order valence-electron chi connectivity index (χ0n) is 7.47. The third kappa shape index (κ3) is 1.80. The molecule has 1 aromatic carbocycles. The van der Waals surface area contributed by atoms with Crippen LogP contribution in [0.3, 0.4) is 0 Å². The van der Waals surface area contributed by atoms with E-state index in [9.17, 15) is 10.0 Å². The van der Waals surface area contributed by atoms with Crippen molar-refractivity contribution < 1.29 is 5.11 Å². The molecule has 0 aliphatic rings. The molecule has 0 bridgehead atoms. The molecule has 1 aromatic rings. The Labute approximate surface area is 81.3 Å². The number of nitrogen functional groups attached to an aromatic ring is 1. The highest BCUT2D eigenvalue weighted by Crippen LogP contribution is 2.22. The minimum Gasteiger partial charge on any atom is -0.505 e. The van der Waals surface area contributed by atoms with Crippen LogP contribution in [0.25, 0.3) is 5.76 Å². The number of aliphatic hydroxyl groups excluding tert-OH is 1. The van der Waals surface area contributed by atoms with E-state index in [1.807, 2.05) is 0 Å². The summed E-state index contributed by atoms with van der Waals surface area (Å²) >= 11 is 0. The molecule has 0 saturated carbocycles. The van der Waals surface area contributed by atoms with Crippen molar-refractivity contribution in [2.45, 2.75) is 0 Å². The monoisotopic (exact) mass is 190 g/mol. The molecule has 14 heavy (non-hydrogen) atoms. The maximum Gasteiger partial charge on any atom is 0.154 e. The molecule has 1 rings (SSSR count). The van der Waals surface area contributed by atoms with Crippen LogP contribution < -0.4 is 5.73 Å². The van der Waals surface area contributed by atoms with Gasteiger partial charge in [-0.1, -0.05) is 18.7 Å². The Hall–Kier alpha value is -2.10. The number of allylic oxidation sites excluding steroid dienone is 1. The number of anilines is 1. The predicted octanol–water partition coefficient (Wildman–Crippen LogP) is 2.45. The number of hydrogen-bond donors (Lipinski definition) is 2. The Morgan fingerprint density at radius 2 is 2.14 bits per heavy atom. The van der Waals surface area contributed by atoms with Gasteiger partial charge < -0.3 is 10.8 Å². The van der Waals surface area contributed by atoms with Gasteiger partial charge in [0.2, 0.25) is 0 Å². The molecular weight excluding hydrogens is 180 g/mol. The summed E-state index contributed by atoms with van der Waals surface area (Å²) < 4.78 is 0. The van der Waals surface area contributed by atoms with Gasteiger partial charge in [0.05, 0.1) is 0 Å². The number of para-hydroxylation sites is 1. The van der Waals surface area contributed by atoms with Crippen LogP contribution in [0.5, 0.6) is 0 Å². The van der Waals surface area contributed by atoms with E-state index in [0.717, 1.165) is 0 Å². The van der Waals surface area contributed by atoms with Crippen molar-refractivity contribution in [1.29, 1.82) is 0 Å². The van der Waals surface area contributed by atoms with Gasteiger partial charge in [-0.15, -0.1) is 4.91 Å². The van der Waals surface area contributed by atoms with E-state index in [2.05, 4.69) is 11.8 Å². The second-order valence-electron chi connectivity index (χ2n) is 2.62. The lowest BCUT2D eigenvalue weighted by molar-refractivity contribution is 0.508. The van der Waals surface area contributed by atoms with E-state index in [4.69, 9.17) is 5.73 Å². The molecule has 0 radical (unpaired) electrons. The zero-order chi connectivity index (χ0) is 10.6. The van der Waals surface area contributed by atoms with Crippen molar-refractivity contribution in [3.63, 3.8) is 0 Å². The molecule has 4 heteroatoms. The SMILES string of the molecule is C=C/C(N=O)=C(/O)c1ccccc1N. The lowest BCUT2D eigenvalue weighted by Crippen LogP contribution is -1.94. The van der Waals surface area contributed by atoms with Gasteiger partial charge in [-0.05, 0) is 23.4 Å². The molecule has 0 heterocycles. The average molecular weight is 190 g/mol. The number of hydrogen-bond acceptors (Lipinski definition) is 4. The summed E-state index contributed by atoms with van der Waals surface area (Å²) in [6.07, 6.45) is 1.18. The third-order valence-corrected chi connectivity index (χ3v) is 1.75. The first kappa shape index (κ1) is 9.98. The van der Waals surface area contributed by atoms with E-state index in [-0.39, 0.29) is 11.5 Å². The van der Waals surface area contributed by atoms with E-state index in [0.29, 0.717) is 11.3 Å². The summed E-state index contributed by atoms with van der Waals surface area (Å²) in [4.78, 5) is 10.3. The van der Waals surface area contributed by atoms with Gasteiger partial charge >= 0.3 is 0 Å². The Morgan fingerprint density at radius 1 is 1.50 bits per heavy atom. The summed E-state index contributed by atoms with van der Waals surface area (Å²) in [6, 6.07) is 6.65. The summed E-state index contributed by atoms with van der Waals surface area (Å²) in [7, 11) is 0. The second-order valence-corrected chi connectivity index (χ2v) is 2.62. The molecule has 0 saturated heterocycles. The quantitative estimate of drug-likeness (QED) is 0.332. The minimum atomic E-state index is -0.256. The van der Waals surface area contributed by atoms with Gasteiger partial charge in [-0.3, -0.25) is 0 Å². The lowest BCUT2D eigenvalue weighted by Gasteiger charge is -2.04. The number of nitrogens with two attached hydrogens (primary N) is 1. The van der Waals surface area contributed by atoms with Crippen molar-refractivity contribution in [3.8, 4) is 0 Å². The van der Waals surface area contributed by atoms with Crippen LogP contribution in [0.1, 0.15) is 5.56 Å². The molecule has 0 atom stereocenters. The van der Waals surface area contributed by atoms with E-state index < -0.39 is 0 Å². The van der Waals surface area contributed by atoms with E-state index >= 15 is 0 Å². The molecule has 0 aromatic heterocycles. The molecule has 0 aliphatic carbocycles. The number of nitrogens with zero attached hydrogens (tertiary/aromatic N) is 1. The topological polar surface area (TPSA) is 75.7 Å². The molecule has 3 N–H and O–H groups in total. The highest BCUT2D eigenvalue weighted by atomic mass is 16.3. The molecule has 72 valence electrons. The molecule has 0 spiro atoms. The van der Waals surface area contributed by atoms with Gasteiger partial charge in [-0.2, -0.15) is 0 Å². The number of nitroso groups, excluding NO2 is 1. The maximum absolute atomic E-state index is 10.3. The van der Waals surface area contributed by atoms with Gasteiger partial charge in [0.15, 0.2) is 5.76 Å². The van der Waals surface area contributed by atoms with Crippen LogP contribution >= 0.6 is 0 Å². The average Bonchev–Trinajstić information content (AvgIpc) is 2.20. The van der Waals surface area contributed by atoms with Crippen LogP contribution in [0.4, 0.5) is 5.69 Å². The minimum absolute atomic E-state index is 0.122. The molecular formula is C10H10N2O2. The summed E-state index contributed by atoms with van der Waals surface area (Å²) in [5, 5.41) is 12.2. The van der Waals surface area contributed by atoms with Crippen molar-refractivity contribution in [1.82, 2.24) is 0 Å².